The van der Waals surface area contributed by atoms with Crippen LogP contribution in [0, 0.1) is 0 Å². The number of aliphatic hydroxyl groups is 1. The highest BCUT2D eigenvalue weighted by atomic mass is 31.2. The molecule has 0 fully saturated rings. The fourth-order valence-electron chi connectivity index (χ4n) is 10.1. The van der Waals surface area contributed by atoms with Gasteiger partial charge in [-0.05, 0) is 135 Å². The summed E-state index contributed by atoms with van der Waals surface area (Å²) in [5.74, 6) is -2.21. The number of hydrogen-bond acceptors (Lipinski definition) is 15. The summed E-state index contributed by atoms with van der Waals surface area (Å²) in [7, 11) is -9.96. The van der Waals surface area contributed by atoms with Crippen molar-refractivity contribution in [2.24, 2.45) is 0 Å². The van der Waals surface area contributed by atoms with Gasteiger partial charge in [-0.25, -0.2) is 9.13 Å². The van der Waals surface area contributed by atoms with Crippen molar-refractivity contribution in [1.29, 1.82) is 0 Å². The van der Waals surface area contributed by atoms with Crippen LogP contribution in [0.3, 0.4) is 0 Å². The second-order valence-corrected chi connectivity index (χ2v) is 28.5. The maximum Gasteiger partial charge on any atom is 0.472 e. The van der Waals surface area contributed by atoms with E-state index in [4.69, 9.17) is 37.0 Å². The number of aliphatic hydroxyl groups excluding tert-OH is 1. The van der Waals surface area contributed by atoms with Crippen LogP contribution in [0.25, 0.3) is 0 Å². The van der Waals surface area contributed by atoms with Gasteiger partial charge in [0.05, 0.1) is 26.4 Å². The van der Waals surface area contributed by atoms with Gasteiger partial charge in [0.25, 0.3) is 0 Å². The van der Waals surface area contributed by atoms with Gasteiger partial charge in [0.1, 0.15) is 19.3 Å². The molecule has 19 heteroatoms. The van der Waals surface area contributed by atoms with Crippen LogP contribution >= 0.6 is 15.6 Å². The molecule has 0 rings (SSSR count). The van der Waals surface area contributed by atoms with E-state index in [0.29, 0.717) is 25.7 Å². The highest BCUT2D eigenvalue weighted by Gasteiger charge is 2.30. The highest BCUT2D eigenvalue weighted by molar-refractivity contribution is 7.47. The predicted molar refractivity (Wildman–Crippen MR) is 399 cm³/mol. The first-order chi connectivity index (χ1) is 47.7. The number of carbonyl (C=O) groups is 4. The van der Waals surface area contributed by atoms with E-state index in [9.17, 15) is 43.2 Å². The molecule has 98 heavy (non-hydrogen) atoms. The molecule has 0 aliphatic heterocycles. The number of ether oxygens (including phenoxy) is 4. The van der Waals surface area contributed by atoms with Crippen LogP contribution < -0.4 is 0 Å². The Morgan fingerprint density at radius 2 is 0.551 bits per heavy atom. The van der Waals surface area contributed by atoms with Gasteiger partial charge < -0.3 is 33.8 Å². The fraction of sp³-hybridized carbons (Fsp3) is 0.747. The minimum atomic E-state index is -4.98. The standard InChI is InChI=1S/C79H138O17P2/c1-5-9-13-17-21-25-29-33-35-36-38-41-44-48-52-56-60-64-77(82)90-70-75(96-79(84)66-62-58-54-50-46-42-37-34-30-26-22-18-14-10-6-2)72-94-98(87,88)92-68-73(80)67-91-97(85,86)93-71-74(95-78(83)65-61-57-53-49-45-40-32-28-24-20-16-12-8-4)69-89-76(81)63-59-55-51-47-43-39-31-27-23-19-15-11-7-3/h9,13,15-16,19-21,25,27-28,31-35,37,73-75,80H,5-8,10-12,14,17-18,22-24,26,29-30,36,38-72H2,1-4H3,(H,85,86)(H,87,88)/b13-9-,19-15-,20-16-,25-21-,31-27-,32-28-,35-33-,37-34-. The molecule has 0 radical (unpaired) electrons. The van der Waals surface area contributed by atoms with E-state index in [0.717, 1.165) is 205 Å². The Morgan fingerprint density at radius 1 is 0.296 bits per heavy atom. The third kappa shape index (κ3) is 70.4. The molecule has 0 aromatic rings. The van der Waals surface area contributed by atoms with Crippen LogP contribution in [-0.2, 0) is 65.4 Å². The van der Waals surface area contributed by atoms with E-state index in [2.05, 4.69) is 125 Å². The van der Waals surface area contributed by atoms with Crippen LogP contribution in [0.1, 0.15) is 323 Å². The zero-order valence-electron chi connectivity index (χ0n) is 61.7. The smallest absolute Gasteiger partial charge is 0.462 e. The molecule has 0 aliphatic rings. The lowest BCUT2D eigenvalue weighted by molar-refractivity contribution is -0.161. The molecule has 0 aromatic heterocycles. The number of hydrogen-bond donors (Lipinski definition) is 3. The van der Waals surface area contributed by atoms with Gasteiger partial charge >= 0.3 is 39.5 Å². The van der Waals surface area contributed by atoms with Crippen LogP contribution in [0.2, 0.25) is 0 Å². The molecule has 0 bridgehead atoms. The molecule has 0 aliphatic carbocycles. The SMILES string of the molecule is CC/C=C\C/C=C\C/C=C\CCCCCCCCCC(=O)OCC(COP(=O)(O)OCC(O)COP(=O)(O)OCC(COC(=O)CCCCCCC/C=C\C/C=C\CCC)OC(=O)CCCCCCC/C=C\C/C=C\CCC)OC(=O)CCCCCCC/C=C\CCCCCCCC. The quantitative estimate of drug-likeness (QED) is 0.0169. The van der Waals surface area contributed by atoms with Crippen molar-refractivity contribution in [2.45, 2.75) is 341 Å². The predicted octanol–water partition coefficient (Wildman–Crippen LogP) is 22.0. The summed E-state index contributed by atoms with van der Waals surface area (Å²) < 4.78 is 68.5. The summed E-state index contributed by atoms with van der Waals surface area (Å²) in [6, 6.07) is 0. The topological polar surface area (TPSA) is 237 Å². The first kappa shape index (κ1) is 94.0. The van der Waals surface area contributed by atoms with E-state index < -0.39 is 97.5 Å². The second-order valence-electron chi connectivity index (χ2n) is 25.6. The van der Waals surface area contributed by atoms with E-state index in [1.807, 2.05) is 0 Å². The Bertz CT molecular complexity index is 2240. The fourth-order valence-corrected chi connectivity index (χ4v) is 11.7. The van der Waals surface area contributed by atoms with Crippen LogP contribution in [0.5, 0.6) is 0 Å². The maximum absolute atomic E-state index is 13.1. The molecule has 5 atom stereocenters. The first-order valence-electron chi connectivity index (χ1n) is 38.5. The average Bonchev–Trinajstić information content (AvgIpc) is 1.05. The molecular weight excluding hydrogens is 1280 g/mol. The third-order valence-electron chi connectivity index (χ3n) is 16.0. The lowest BCUT2D eigenvalue weighted by Gasteiger charge is -2.21. The summed E-state index contributed by atoms with van der Waals surface area (Å²) in [4.78, 5) is 72.8. The van der Waals surface area contributed by atoms with Gasteiger partial charge in [0, 0.05) is 25.7 Å². The minimum absolute atomic E-state index is 0.0757. The van der Waals surface area contributed by atoms with Gasteiger partial charge in [-0.3, -0.25) is 37.3 Å². The van der Waals surface area contributed by atoms with Gasteiger partial charge in [-0.15, -0.1) is 0 Å². The van der Waals surface area contributed by atoms with E-state index in [1.54, 1.807) is 0 Å². The number of phosphoric ester groups is 2. The third-order valence-corrected chi connectivity index (χ3v) is 17.9. The first-order valence-corrected chi connectivity index (χ1v) is 41.5. The minimum Gasteiger partial charge on any atom is -0.462 e. The van der Waals surface area contributed by atoms with Crippen molar-refractivity contribution in [3.63, 3.8) is 0 Å². The molecule has 0 aromatic carbocycles. The van der Waals surface area contributed by atoms with Crippen molar-refractivity contribution in [3.8, 4) is 0 Å². The number of phosphoric acid groups is 2. The summed E-state index contributed by atoms with van der Waals surface area (Å²) >= 11 is 0. The largest absolute Gasteiger partial charge is 0.472 e. The molecule has 0 amide bonds. The van der Waals surface area contributed by atoms with Crippen molar-refractivity contribution in [2.75, 3.05) is 39.6 Å². The molecule has 566 valence electrons. The Kier molecular flexibility index (Phi) is 68.4. The maximum atomic E-state index is 13.1. The monoisotopic (exact) mass is 1420 g/mol. The highest BCUT2D eigenvalue weighted by Crippen LogP contribution is 2.45. The van der Waals surface area contributed by atoms with Gasteiger partial charge in [0.2, 0.25) is 0 Å². The summed E-state index contributed by atoms with van der Waals surface area (Å²) in [5, 5.41) is 10.6. The summed E-state index contributed by atoms with van der Waals surface area (Å²) in [5.41, 5.74) is 0. The van der Waals surface area contributed by atoms with E-state index in [1.165, 1.54) is 38.5 Å². The van der Waals surface area contributed by atoms with Gasteiger partial charge in [-0.2, -0.15) is 0 Å². The van der Waals surface area contributed by atoms with E-state index in [-0.39, 0.29) is 25.7 Å². The van der Waals surface area contributed by atoms with E-state index >= 15 is 0 Å². The molecule has 5 unspecified atom stereocenters. The average molecular weight is 1420 g/mol. The number of unbranched alkanes of at least 4 members (excludes halogenated alkanes) is 30. The second kappa shape index (κ2) is 71.4. The lowest BCUT2D eigenvalue weighted by atomic mass is 10.1. The molecule has 0 spiro atoms. The number of rotatable bonds is 72. The molecule has 0 saturated heterocycles. The molecule has 0 heterocycles. The van der Waals surface area contributed by atoms with Crippen molar-refractivity contribution in [3.05, 3.63) is 97.2 Å². The lowest BCUT2D eigenvalue weighted by Crippen LogP contribution is -2.30. The molecular formula is C79H138O17P2. The Hall–Kier alpha value is -4.02. The Labute approximate surface area is 595 Å². The van der Waals surface area contributed by atoms with Crippen molar-refractivity contribution in [1.82, 2.24) is 0 Å². The number of allylic oxidation sites excluding steroid dienone is 16. The zero-order chi connectivity index (χ0) is 71.8. The van der Waals surface area contributed by atoms with Crippen molar-refractivity contribution < 1.29 is 80.2 Å². The summed E-state index contributed by atoms with van der Waals surface area (Å²) in [6.07, 6.45) is 73.9. The van der Waals surface area contributed by atoms with Gasteiger partial charge in [-0.1, -0.05) is 260 Å². The van der Waals surface area contributed by atoms with Gasteiger partial charge in [0.15, 0.2) is 12.2 Å². The van der Waals surface area contributed by atoms with Crippen LogP contribution in [0.15, 0.2) is 97.2 Å². The number of esters is 4. The molecule has 17 nitrogen and oxygen atoms in total. The number of carbonyl (C=O) groups excluding carboxylic acids is 4. The van der Waals surface area contributed by atoms with Crippen LogP contribution in [0.4, 0.5) is 0 Å². The Balaban J connectivity index is 5.36. The van der Waals surface area contributed by atoms with Crippen LogP contribution in [-0.4, -0.2) is 96.7 Å². The Morgan fingerprint density at radius 3 is 0.867 bits per heavy atom. The zero-order valence-corrected chi connectivity index (χ0v) is 63.5. The van der Waals surface area contributed by atoms with Crippen molar-refractivity contribution >= 4 is 39.5 Å². The normalized spacial score (nSPS) is 14.5. The molecule has 3 N–H and O–H groups in total. The molecule has 0 saturated carbocycles. The summed E-state index contributed by atoms with van der Waals surface area (Å²) in [6.45, 7) is 4.60.